The molecular formula is C11H24O3. The quantitative estimate of drug-likeness (QED) is 0.509. The van der Waals surface area contributed by atoms with Crippen molar-refractivity contribution in [2.24, 2.45) is 0 Å². The van der Waals surface area contributed by atoms with Crippen LogP contribution in [0.3, 0.4) is 0 Å². The predicted molar refractivity (Wildman–Crippen MR) is 57.4 cm³/mol. The van der Waals surface area contributed by atoms with Gasteiger partial charge in [-0.05, 0) is 41.5 Å². The van der Waals surface area contributed by atoms with Crippen molar-refractivity contribution < 1.29 is 14.2 Å². The van der Waals surface area contributed by atoms with Crippen molar-refractivity contribution in [2.75, 3.05) is 20.0 Å². The molecule has 0 radical (unpaired) electrons. The van der Waals surface area contributed by atoms with Crippen LogP contribution in [0.2, 0.25) is 0 Å². The van der Waals surface area contributed by atoms with Crippen LogP contribution in [-0.2, 0) is 14.2 Å². The Balaban J connectivity index is 3.23. The highest BCUT2D eigenvalue weighted by atomic mass is 16.7. The summed E-state index contributed by atoms with van der Waals surface area (Å²) in [4.78, 5) is 0. The molecule has 0 aliphatic carbocycles. The van der Waals surface area contributed by atoms with Gasteiger partial charge in [-0.3, -0.25) is 0 Å². The van der Waals surface area contributed by atoms with Gasteiger partial charge in [-0.25, -0.2) is 0 Å². The van der Waals surface area contributed by atoms with Crippen LogP contribution in [0.25, 0.3) is 0 Å². The van der Waals surface area contributed by atoms with E-state index >= 15 is 0 Å². The fraction of sp³-hybridized carbons (Fsp3) is 1.00. The van der Waals surface area contributed by atoms with Crippen LogP contribution in [0.4, 0.5) is 0 Å². The molecular weight excluding hydrogens is 180 g/mol. The van der Waals surface area contributed by atoms with Gasteiger partial charge in [0.1, 0.15) is 6.79 Å². The summed E-state index contributed by atoms with van der Waals surface area (Å²) in [5, 5.41) is 0. The molecule has 0 spiro atoms. The van der Waals surface area contributed by atoms with E-state index in [9.17, 15) is 0 Å². The molecule has 3 nitrogen and oxygen atoms in total. The Morgan fingerprint density at radius 2 is 1.21 bits per heavy atom. The van der Waals surface area contributed by atoms with E-state index in [4.69, 9.17) is 14.2 Å². The molecule has 0 aromatic carbocycles. The Hall–Kier alpha value is -0.120. The Labute approximate surface area is 87.7 Å². The maximum atomic E-state index is 5.48. The fourth-order valence-corrected chi connectivity index (χ4v) is 0.684. The summed E-state index contributed by atoms with van der Waals surface area (Å²) in [6, 6.07) is 0. The second kappa shape index (κ2) is 5.69. The summed E-state index contributed by atoms with van der Waals surface area (Å²) in [5.74, 6) is 0. The van der Waals surface area contributed by atoms with Crippen molar-refractivity contribution in [3.63, 3.8) is 0 Å². The zero-order valence-electron chi connectivity index (χ0n) is 10.3. The van der Waals surface area contributed by atoms with Crippen molar-refractivity contribution >= 4 is 0 Å². The summed E-state index contributed by atoms with van der Waals surface area (Å²) >= 11 is 0. The lowest BCUT2D eigenvalue weighted by Gasteiger charge is -2.21. The number of rotatable bonds is 5. The van der Waals surface area contributed by atoms with E-state index < -0.39 is 0 Å². The highest BCUT2D eigenvalue weighted by Gasteiger charge is 2.10. The van der Waals surface area contributed by atoms with Crippen molar-refractivity contribution in [3.05, 3.63) is 0 Å². The molecule has 0 unspecified atom stereocenters. The van der Waals surface area contributed by atoms with Crippen LogP contribution >= 0.6 is 0 Å². The van der Waals surface area contributed by atoms with E-state index in [1.54, 1.807) is 0 Å². The van der Waals surface area contributed by atoms with E-state index in [1.807, 2.05) is 41.5 Å². The molecule has 0 saturated heterocycles. The number of hydrogen-bond acceptors (Lipinski definition) is 3. The molecule has 0 aliphatic rings. The molecule has 0 N–H and O–H groups in total. The number of ether oxygens (including phenoxy) is 3. The van der Waals surface area contributed by atoms with Crippen molar-refractivity contribution in [3.8, 4) is 0 Å². The summed E-state index contributed by atoms with van der Waals surface area (Å²) in [7, 11) is 0. The van der Waals surface area contributed by atoms with Gasteiger partial charge in [0.25, 0.3) is 0 Å². The summed E-state index contributed by atoms with van der Waals surface area (Å²) < 4.78 is 16.1. The van der Waals surface area contributed by atoms with E-state index in [2.05, 4.69) is 0 Å². The minimum Gasteiger partial charge on any atom is -0.373 e. The second-order valence-corrected chi connectivity index (χ2v) is 5.24. The molecule has 0 heterocycles. The van der Waals surface area contributed by atoms with E-state index in [1.165, 1.54) is 0 Å². The predicted octanol–water partition coefficient (Wildman–Crippen LogP) is 2.59. The van der Waals surface area contributed by atoms with Gasteiger partial charge in [0, 0.05) is 0 Å². The summed E-state index contributed by atoms with van der Waals surface area (Å²) in [5.41, 5.74) is -0.223. The van der Waals surface area contributed by atoms with Crippen molar-refractivity contribution in [1.29, 1.82) is 0 Å². The highest BCUT2D eigenvalue weighted by Crippen LogP contribution is 2.07. The molecule has 0 atom stereocenters. The molecule has 0 saturated carbocycles. The van der Waals surface area contributed by atoms with Gasteiger partial charge >= 0.3 is 0 Å². The molecule has 0 bridgehead atoms. The minimum absolute atomic E-state index is 0.0890. The lowest BCUT2D eigenvalue weighted by molar-refractivity contribution is -0.134. The third-order valence-corrected chi connectivity index (χ3v) is 1.34. The fourth-order valence-electron chi connectivity index (χ4n) is 0.684. The first kappa shape index (κ1) is 13.9. The van der Waals surface area contributed by atoms with Gasteiger partial charge in [0.15, 0.2) is 0 Å². The van der Waals surface area contributed by atoms with E-state index in [0.717, 1.165) is 0 Å². The van der Waals surface area contributed by atoms with Gasteiger partial charge in [-0.2, -0.15) is 0 Å². The summed E-state index contributed by atoms with van der Waals surface area (Å²) in [6.45, 7) is 13.6. The van der Waals surface area contributed by atoms with Crippen molar-refractivity contribution in [1.82, 2.24) is 0 Å². The molecule has 86 valence electrons. The highest BCUT2D eigenvalue weighted by molar-refractivity contribution is 4.58. The van der Waals surface area contributed by atoms with Gasteiger partial charge in [-0.1, -0.05) is 0 Å². The minimum atomic E-state index is -0.134. The Morgan fingerprint density at radius 1 is 0.714 bits per heavy atom. The lowest BCUT2D eigenvalue weighted by Crippen LogP contribution is -2.24. The molecule has 0 rings (SSSR count). The Morgan fingerprint density at radius 3 is 1.64 bits per heavy atom. The molecule has 0 aromatic heterocycles. The van der Waals surface area contributed by atoms with Gasteiger partial charge < -0.3 is 14.2 Å². The standard InChI is InChI=1S/C11H24O3/c1-10(2,3)13-8-7-12-9-14-11(4,5)6/h7-9H2,1-6H3. The first-order chi connectivity index (χ1) is 6.21. The summed E-state index contributed by atoms with van der Waals surface area (Å²) in [6.07, 6.45) is 0. The largest absolute Gasteiger partial charge is 0.373 e. The van der Waals surface area contributed by atoms with Crippen LogP contribution < -0.4 is 0 Å². The SMILES string of the molecule is CC(C)(C)OCCOCOC(C)(C)C. The molecule has 0 amide bonds. The molecule has 3 heteroatoms. The van der Waals surface area contributed by atoms with Gasteiger partial charge in [0.2, 0.25) is 0 Å². The third kappa shape index (κ3) is 11.9. The molecule has 0 aromatic rings. The molecule has 0 fully saturated rings. The maximum Gasteiger partial charge on any atom is 0.147 e. The molecule has 14 heavy (non-hydrogen) atoms. The van der Waals surface area contributed by atoms with Crippen molar-refractivity contribution in [2.45, 2.75) is 52.7 Å². The maximum absolute atomic E-state index is 5.48. The second-order valence-electron chi connectivity index (χ2n) is 5.24. The van der Waals surface area contributed by atoms with Gasteiger partial charge in [0.05, 0.1) is 24.4 Å². The zero-order valence-corrected chi connectivity index (χ0v) is 10.3. The first-order valence-electron chi connectivity index (χ1n) is 5.06. The average Bonchev–Trinajstić information content (AvgIpc) is 1.92. The Kier molecular flexibility index (Phi) is 5.64. The van der Waals surface area contributed by atoms with E-state index in [0.29, 0.717) is 20.0 Å². The van der Waals surface area contributed by atoms with Crippen LogP contribution in [0.5, 0.6) is 0 Å². The number of hydrogen-bond donors (Lipinski definition) is 0. The Bertz CT molecular complexity index is 124. The zero-order chi connectivity index (χ0) is 11.2. The van der Waals surface area contributed by atoms with Crippen LogP contribution in [0, 0.1) is 0 Å². The van der Waals surface area contributed by atoms with Crippen LogP contribution in [0.1, 0.15) is 41.5 Å². The van der Waals surface area contributed by atoms with Crippen LogP contribution in [0.15, 0.2) is 0 Å². The van der Waals surface area contributed by atoms with Crippen LogP contribution in [-0.4, -0.2) is 31.2 Å². The lowest BCUT2D eigenvalue weighted by atomic mass is 10.2. The topological polar surface area (TPSA) is 27.7 Å². The van der Waals surface area contributed by atoms with E-state index in [-0.39, 0.29) is 11.2 Å². The normalized spacial score (nSPS) is 13.3. The molecule has 0 aliphatic heterocycles. The average molecular weight is 204 g/mol. The third-order valence-electron chi connectivity index (χ3n) is 1.34. The monoisotopic (exact) mass is 204 g/mol. The van der Waals surface area contributed by atoms with Gasteiger partial charge in [-0.15, -0.1) is 0 Å². The smallest absolute Gasteiger partial charge is 0.147 e. The first-order valence-corrected chi connectivity index (χ1v) is 5.06.